The van der Waals surface area contributed by atoms with Crippen molar-refractivity contribution in [3.63, 3.8) is 0 Å². The zero-order chi connectivity index (χ0) is 14.1. The molecule has 0 aliphatic heterocycles. The summed E-state index contributed by atoms with van der Waals surface area (Å²) in [5.41, 5.74) is 2.61. The molecule has 0 aliphatic rings. The van der Waals surface area contributed by atoms with E-state index >= 15 is 0 Å². The van der Waals surface area contributed by atoms with E-state index in [0.29, 0.717) is 6.04 Å². The van der Waals surface area contributed by atoms with Crippen molar-refractivity contribution >= 4 is 0 Å². The van der Waals surface area contributed by atoms with Gasteiger partial charge in [0.1, 0.15) is 12.4 Å². The minimum atomic E-state index is 0.593. The Hall–Kier alpha value is -1.02. The Kier molecular flexibility index (Phi) is 7.57. The summed E-state index contributed by atoms with van der Waals surface area (Å²) in [6.07, 6.45) is 5.22. The van der Waals surface area contributed by atoms with Crippen LogP contribution in [-0.2, 0) is 0 Å². The molecule has 1 rings (SSSR count). The SMILES string of the molecule is CCCCCC(C)NCCOc1ccc(C)c(C)c1. The van der Waals surface area contributed by atoms with Gasteiger partial charge in [-0.05, 0) is 50.5 Å². The van der Waals surface area contributed by atoms with Crippen LogP contribution in [0.3, 0.4) is 0 Å². The largest absolute Gasteiger partial charge is 0.492 e. The quantitative estimate of drug-likeness (QED) is 0.673. The molecule has 0 heterocycles. The van der Waals surface area contributed by atoms with Gasteiger partial charge in [-0.25, -0.2) is 0 Å². The van der Waals surface area contributed by atoms with Crippen LogP contribution in [0, 0.1) is 13.8 Å². The summed E-state index contributed by atoms with van der Waals surface area (Å²) >= 11 is 0. The first-order valence-corrected chi connectivity index (χ1v) is 7.57. The summed E-state index contributed by atoms with van der Waals surface area (Å²) in [7, 11) is 0. The molecule has 0 aromatic heterocycles. The Morgan fingerprint density at radius 2 is 1.95 bits per heavy atom. The van der Waals surface area contributed by atoms with Gasteiger partial charge in [0.2, 0.25) is 0 Å². The maximum absolute atomic E-state index is 5.76. The number of aryl methyl sites for hydroxylation is 2. The third kappa shape index (κ3) is 6.63. The van der Waals surface area contributed by atoms with Gasteiger partial charge in [-0.2, -0.15) is 0 Å². The van der Waals surface area contributed by atoms with Gasteiger partial charge in [-0.15, -0.1) is 0 Å². The lowest BCUT2D eigenvalue weighted by molar-refractivity contribution is 0.304. The van der Waals surface area contributed by atoms with Crippen molar-refractivity contribution in [1.29, 1.82) is 0 Å². The fourth-order valence-corrected chi connectivity index (χ4v) is 2.08. The van der Waals surface area contributed by atoms with Crippen LogP contribution >= 0.6 is 0 Å². The zero-order valence-electron chi connectivity index (χ0n) is 13.0. The molecule has 0 saturated heterocycles. The van der Waals surface area contributed by atoms with Crippen LogP contribution in [0.15, 0.2) is 18.2 Å². The minimum absolute atomic E-state index is 0.593. The summed E-state index contributed by atoms with van der Waals surface area (Å²) < 4.78 is 5.76. The van der Waals surface area contributed by atoms with Gasteiger partial charge in [-0.3, -0.25) is 0 Å². The molecule has 0 amide bonds. The molecular weight excluding hydrogens is 234 g/mol. The molecule has 0 aliphatic carbocycles. The Morgan fingerprint density at radius 3 is 2.63 bits per heavy atom. The van der Waals surface area contributed by atoms with Crippen molar-refractivity contribution in [2.75, 3.05) is 13.2 Å². The van der Waals surface area contributed by atoms with Gasteiger partial charge >= 0.3 is 0 Å². The molecule has 1 N–H and O–H groups in total. The van der Waals surface area contributed by atoms with E-state index < -0.39 is 0 Å². The van der Waals surface area contributed by atoms with E-state index in [0.717, 1.165) is 18.9 Å². The van der Waals surface area contributed by atoms with Gasteiger partial charge < -0.3 is 10.1 Å². The van der Waals surface area contributed by atoms with Gasteiger partial charge in [0.05, 0.1) is 0 Å². The number of hydrogen-bond acceptors (Lipinski definition) is 2. The molecule has 1 atom stereocenters. The van der Waals surface area contributed by atoms with Crippen LogP contribution in [0.2, 0.25) is 0 Å². The molecule has 0 spiro atoms. The van der Waals surface area contributed by atoms with Crippen LogP contribution in [-0.4, -0.2) is 19.2 Å². The van der Waals surface area contributed by atoms with Crippen LogP contribution in [0.4, 0.5) is 0 Å². The molecule has 1 unspecified atom stereocenters. The molecule has 0 radical (unpaired) electrons. The predicted molar refractivity (Wildman–Crippen MR) is 83.0 cm³/mol. The van der Waals surface area contributed by atoms with Crippen molar-refractivity contribution in [2.24, 2.45) is 0 Å². The lowest BCUT2D eigenvalue weighted by Gasteiger charge is -2.14. The van der Waals surface area contributed by atoms with E-state index in [4.69, 9.17) is 4.74 Å². The Bertz CT molecular complexity index is 362. The first-order valence-electron chi connectivity index (χ1n) is 7.57. The Labute approximate surface area is 118 Å². The van der Waals surface area contributed by atoms with Crippen LogP contribution in [0.1, 0.15) is 50.7 Å². The second-order valence-corrected chi connectivity index (χ2v) is 5.45. The van der Waals surface area contributed by atoms with E-state index in [2.05, 4.69) is 45.1 Å². The van der Waals surface area contributed by atoms with Gasteiger partial charge in [0.15, 0.2) is 0 Å². The van der Waals surface area contributed by atoms with Crippen LogP contribution in [0.5, 0.6) is 5.75 Å². The summed E-state index contributed by atoms with van der Waals surface area (Å²) in [5, 5.41) is 3.51. The molecule has 19 heavy (non-hydrogen) atoms. The monoisotopic (exact) mass is 263 g/mol. The molecule has 1 aromatic carbocycles. The van der Waals surface area contributed by atoms with E-state index in [1.807, 2.05) is 6.07 Å². The highest BCUT2D eigenvalue weighted by atomic mass is 16.5. The standard InChI is InChI=1S/C17H29NO/c1-5-6-7-8-16(4)18-11-12-19-17-10-9-14(2)15(3)13-17/h9-10,13,16,18H,5-8,11-12H2,1-4H3. The number of unbranched alkanes of at least 4 members (excludes halogenated alkanes) is 2. The van der Waals surface area contributed by atoms with Crippen molar-refractivity contribution in [3.05, 3.63) is 29.3 Å². The first-order chi connectivity index (χ1) is 9.13. The Balaban J connectivity index is 2.14. The molecule has 1 aromatic rings. The third-order valence-electron chi connectivity index (χ3n) is 3.58. The average molecular weight is 263 g/mol. The van der Waals surface area contributed by atoms with Crippen molar-refractivity contribution in [2.45, 2.75) is 59.4 Å². The fraction of sp³-hybridized carbons (Fsp3) is 0.647. The van der Waals surface area contributed by atoms with E-state index in [1.54, 1.807) is 0 Å². The van der Waals surface area contributed by atoms with Gasteiger partial charge in [-0.1, -0.05) is 32.3 Å². The maximum atomic E-state index is 5.76. The van der Waals surface area contributed by atoms with Crippen molar-refractivity contribution in [3.8, 4) is 5.75 Å². The number of hydrogen-bond donors (Lipinski definition) is 1. The highest BCUT2D eigenvalue weighted by Gasteiger charge is 2.01. The lowest BCUT2D eigenvalue weighted by atomic mass is 10.1. The maximum Gasteiger partial charge on any atom is 0.119 e. The first kappa shape index (κ1) is 16.0. The minimum Gasteiger partial charge on any atom is -0.492 e. The fourth-order valence-electron chi connectivity index (χ4n) is 2.08. The second-order valence-electron chi connectivity index (χ2n) is 5.45. The molecule has 2 heteroatoms. The van der Waals surface area contributed by atoms with Gasteiger partial charge in [0.25, 0.3) is 0 Å². The number of nitrogens with one attached hydrogen (secondary N) is 1. The van der Waals surface area contributed by atoms with Crippen LogP contribution < -0.4 is 10.1 Å². The summed E-state index contributed by atoms with van der Waals surface area (Å²) in [6, 6.07) is 6.87. The smallest absolute Gasteiger partial charge is 0.119 e. The average Bonchev–Trinajstić information content (AvgIpc) is 2.39. The van der Waals surface area contributed by atoms with E-state index in [-0.39, 0.29) is 0 Å². The summed E-state index contributed by atoms with van der Waals surface area (Å²) in [4.78, 5) is 0. The number of rotatable bonds is 9. The normalized spacial score (nSPS) is 12.4. The topological polar surface area (TPSA) is 21.3 Å². The second kappa shape index (κ2) is 8.98. The number of benzene rings is 1. The highest BCUT2D eigenvalue weighted by molar-refractivity contribution is 5.33. The molecule has 2 nitrogen and oxygen atoms in total. The van der Waals surface area contributed by atoms with Crippen molar-refractivity contribution < 1.29 is 4.74 Å². The third-order valence-corrected chi connectivity index (χ3v) is 3.58. The summed E-state index contributed by atoms with van der Waals surface area (Å²) in [6.45, 7) is 10.4. The predicted octanol–water partition coefficient (Wildman–Crippen LogP) is 4.24. The zero-order valence-corrected chi connectivity index (χ0v) is 13.0. The molecule has 108 valence electrons. The van der Waals surface area contributed by atoms with Gasteiger partial charge in [0, 0.05) is 12.6 Å². The van der Waals surface area contributed by atoms with Crippen LogP contribution in [0.25, 0.3) is 0 Å². The molecule has 0 bridgehead atoms. The highest BCUT2D eigenvalue weighted by Crippen LogP contribution is 2.16. The Morgan fingerprint density at radius 1 is 1.16 bits per heavy atom. The van der Waals surface area contributed by atoms with Crippen molar-refractivity contribution in [1.82, 2.24) is 5.32 Å². The number of ether oxygens (including phenoxy) is 1. The van der Waals surface area contributed by atoms with E-state index in [1.165, 1.54) is 36.8 Å². The molecule has 0 fully saturated rings. The van der Waals surface area contributed by atoms with E-state index in [9.17, 15) is 0 Å². The summed E-state index contributed by atoms with van der Waals surface area (Å²) in [5.74, 6) is 0.975. The molecule has 0 saturated carbocycles. The lowest BCUT2D eigenvalue weighted by Crippen LogP contribution is -2.30. The molecular formula is C17H29NO.